The number of carbonyl (C=O) groups is 3. The van der Waals surface area contributed by atoms with E-state index in [1.165, 1.54) is 30.2 Å². The van der Waals surface area contributed by atoms with Gasteiger partial charge < -0.3 is 29.8 Å². The number of likely N-dealkylation sites (tertiary alicyclic amines) is 1. The Bertz CT molecular complexity index is 1530. The number of ether oxygens (including phenoxy) is 2. The lowest BCUT2D eigenvalue weighted by Crippen LogP contribution is -2.43. The predicted octanol–water partition coefficient (Wildman–Crippen LogP) is 3.61. The minimum Gasteiger partial charge on any atom is -0.494 e. The Kier molecular flexibility index (Phi) is 7.84. The molecule has 3 N–H and O–H groups in total. The summed E-state index contributed by atoms with van der Waals surface area (Å²) in [5.74, 6) is -1.41. The molecule has 14 heteroatoms. The fraction of sp³-hybridized carbons (Fsp3) is 0.464. The third-order valence-corrected chi connectivity index (χ3v) is 7.25. The van der Waals surface area contributed by atoms with Crippen molar-refractivity contribution in [3.8, 4) is 17.2 Å². The van der Waals surface area contributed by atoms with Crippen molar-refractivity contribution in [1.29, 1.82) is 0 Å². The van der Waals surface area contributed by atoms with Gasteiger partial charge in [0, 0.05) is 35.9 Å². The van der Waals surface area contributed by atoms with Crippen molar-refractivity contribution < 1.29 is 41.4 Å². The number of carbonyl (C=O) groups excluding carboxylic acids is 3. The van der Waals surface area contributed by atoms with Crippen molar-refractivity contribution in [3.63, 3.8) is 0 Å². The summed E-state index contributed by atoms with van der Waals surface area (Å²) in [5.41, 5.74) is 5.05. The van der Waals surface area contributed by atoms with Gasteiger partial charge in [0.05, 0.1) is 19.8 Å². The molecule has 2 aromatic heterocycles. The molecule has 224 valence electrons. The first-order chi connectivity index (χ1) is 19.9. The second-order valence-electron chi connectivity index (χ2n) is 10.4. The third kappa shape index (κ3) is 5.62. The number of nitrogens with one attached hydrogen (secondary N) is 1. The predicted molar refractivity (Wildman–Crippen MR) is 142 cm³/mol. The molecule has 1 aliphatic heterocycles. The molecule has 0 bridgehead atoms. The first-order valence-electron chi connectivity index (χ1n) is 13.5. The summed E-state index contributed by atoms with van der Waals surface area (Å²) in [6.07, 6.45) is -2.91. The fourth-order valence-electron chi connectivity index (χ4n) is 5.04. The van der Waals surface area contributed by atoms with E-state index in [-0.39, 0.29) is 71.0 Å². The topological polar surface area (TPSA) is 150 Å². The molecule has 1 aliphatic carbocycles. The molecule has 11 nitrogen and oxygen atoms in total. The Morgan fingerprint density at radius 3 is 2.55 bits per heavy atom. The van der Waals surface area contributed by atoms with Crippen LogP contribution in [-0.2, 0) is 20.5 Å². The molecular weight excluding hydrogens is 559 g/mol. The summed E-state index contributed by atoms with van der Waals surface area (Å²) in [7, 11) is 1.31. The third-order valence-electron chi connectivity index (χ3n) is 7.25. The van der Waals surface area contributed by atoms with E-state index in [2.05, 4.69) is 15.3 Å². The first-order valence-corrected chi connectivity index (χ1v) is 13.5. The number of rotatable bonds is 8. The highest BCUT2D eigenvalue weighted by Gasteiger charge is 2.44. The molecule has 3 heterocycles. The van der Waals surface area contributed by atoms with Crippen LogP contribution in [0.5, 0.6) is 5.75 Å². The fourth-order valence-corrected chi connectivity index (χ4v) is 5.04. The number of fused-ring (bicyclic) bond motifs is 1. The number of esters is 1. The monoisotopic (exact) mass is 589 g/mol. The van der Waals surface area contributed by atoms with E-state index in [4.69, 9.17) is 19.6 Å². The van der Waals surface area contributed by atoms with Crippen LogP contribution in [0.2, 0.25) is 0 Å². The van der Waals surface area contributed by atoms with Crippen molar-refractivity contribution >= 4 is 28.7 Å². The number of pyridine rings is 1. The van der Waals surface area contributed by atoms with Crippen LogP contribution >= 0.6 is 0 Å². The number of aromatic nitrogens is 2. The molecule has 5 rings (SSSR count). The van der Waals surface area contributed by atoms with Crippen LogP contribution in [0.4, 0.5) is 13.2 Å². The van der Waals surface area contributed by atoms with Crippen LogP contribution < -0.4 is 15.8 Å². The number of nitrogens with zero attached hydrogens (tertiary/aromatic N) is 3. The van der Waals surface area contributed by atoms with Gasteiger partial charge in [0.2, 0.25) is 11.8 Å². The summed E-state index contributed by atoms with van der Waals surface area (Å²) in [6.45, 7) is 3.37. The van der Waals surface area contributed by atoms with Crippen LogP contribution in [0, 0.1) is 5.92 Å². The number of halogens is 3. The zero-order chi connectivity index (χ0) is 30.3. The van der Waals surface area contributed by atoms with Gasteiger partial charge in [-0.05, 0) is 51.0 Å². The van der Waals surface area contributed by atoms with Crippen molar-refractivity contribution in [3.05, 3.63) is 41.4 Å². The molecule has 2 aliphatic rings. The Hall–Kier alpha value is -4.20. The highest BCUT2D eigenvalue weighted by atomic mass is 19.4. The average molecular weight is 590 g/mol. The molecule has 1 aromatic carbocycles. The second-order valence-corrected chi connectivity index (χ2v) is 10.4. The molecule has 3 aromatic rings. The Morgan fingerprint density at radius 2 is 1.93 bits per heavy atom. The van der Waals surface area contributed by atoms with Crippen LogP contribution in [0.15, 0.2) is 28.7 Å². The van der Waals surface area contributed by atoms with Crippen LogP contribution in [0.3, 0.4) is 0 Å². The molecule has 1 saturated carbocycles. The standard InChI is InChI=1S/C28H30F3N5O6/c1-4-41-27(39)18-11-15(33-24(37)14-5-6-14)12-36(18)26(38)22-23(13(2)32)42-25(35-22)17-7-9-19(40-3)21-16(17)8-10-20(34-21)28(29,30)31/h7-10,13-15,18H,4-6,11-12,32H2,1-3H3,(H,33,37)/t13-,15+,18-/m0/s1. The zero-order valence-corrected chi connectivity index (χ0v) is 23.2. The Morgan fingerprint density at radius 1 is 1.19 bits per heavy atom. The summed E-state index contributed by atoms with van der Waals surface area (Å²) < 4.78 is 56.5. The lowest BCUT2D eigenvalue weighted by Gasteiger charge is -2.22. The summed E-state index contributed by atoms with van der Waals surface area (Å²) >= 11 is 0. The first kappa shape index (κ1) is 29.3. The number of hydrogen-bond acceptors (Lipinski definition) is 9. The minimum atomic E-state index is -4.68. The van der Waals surface area contributed by atoms with Gasteiger partial charge in [0.25, 0.3) is 5.91 Å². The maximum atomic E-state index is 13.9. The largest absolute Gasteiger partial charge is 0.494 e. The maximum absolute atomic E-state index is 13.9. The highest BCUT2D eigenvalue weighted by molar-refractivity contribution is 5.99. The summed E-state index contributed by atoms with van der Waals surface area (Å²) in [6, 6.07) is 2.75. The Balaban J connectivity index is 1.53. The number of nitrogens with two attached hydrogens (primary N) is 1. The van der Waals surface area contributed by atoms with Gasteiger partial charge in [0.15, 0.2) is 11.5 Å². The van der Waals surface area contributed by atoms with Gasteiger partial charge in [-0.1, -0.05) is 0 Å². The van der Waals surface area contributed by atoms with Crippen molar-refractivity contribution in [2.45, 2.75) is 57.4 Å². The summed E-state index contributed by atoms with van der Waals surface area (Å²) in [4.78, 5) is 48.6. The minimum absolute atomic E-state index is 0.0203. The van der Waals surface area contributed by atoms with E-state index in [0.29, 0.717) is 0 Å². The van der Waals surface area contributed by atoms with Crippen LogP contribution in [-0.4, -0.2) is 65.0 Å². The molecule has 0 spiro atoms. The van der Waals surface area contributed by atoms with Crippen LogP contribution in [0.25, 0.3) is 22.4 Å². The molecule has 2 amide bonds. The normalized spacial score (nSPS) is 19.5. The number of methoxy groups -OCH3 is 1. The molecular formula is C28H30F3N5O6. The molecule has 1 saturated heterocycles. The number of benzene rings is 1. The van der Waals surface area contributed by atoms with Gasteiger partial charge in [0.1, 0.15) is 23.0 Å². The van der Waals surface area contributed by atoms with Crippen LogP contribution in [0.1, 0.15) is 61.1 Å². The molecule has 0 unspecified atom stereocenters. The van der Waals surface area contributed by atoms with E-state index in [1.54, 1.807) is 13.8 Å². The van der Waals surface area contributed by atoms with E-state index in [0.717, 1.165) is 18.9 Å². The van der Waals surface area contributed by atoms with Gasteiger partial charge >= 0.3 is 12.1 Å². The molecule has 2 fully saturated rings. The van der Waals surface area contributed by atoms with E-state index < -0.39 is 41.9 Å². The number of amides is 2. The van der Waals surface area contributed by atoms with Gasteiger partial charge in [-0.15, -0.1) is 0 Å². The molecule has 0 radical (unpaired) electrons. The number of alkyl halides is 3. The Labute approximate surface area is 238 Å². The smallest absolute Gasteiger partial charge is 0.433 e. The van der Waals surface area contributed by atoms with Gasteiger partial charge in [-0.25, -0.2) is 14.8 Å². The molecule has 42 heavy (non-hydrogen) atoms. The highest BCUT2D eigenvalue weighted by Crippen LogP contribution is 2.38. The van der Waals surface area contributed by atoms with E-state index >= 15 is 0 Å². The SMILES string of the molecule is CCOC(=O)[C@@H]1C[C@@H](NC(=O)C2CC2)CN1C(=O)c1nc(-c2ccc(OC)c3nc(C(F)(F)F)ccc23)oc1[C@H](C)N. The van der Waals surface area contributed by atoms with E-state index in [1.807, 2.05) is 0 Å². The van der Waals surface area contributed by atoms with Gasteiger partial charge in [-0.2, -0.15) is 13.2 Å². The van der Waals surface area contributed by atoms with E-state index in [9.17, 15) is 27.6 Å². The zero-order valence-electron chi connectivity index (χ0n) is 23.2. The lowest BCUT2D eigenvalue weighted by atomic mass is 10.1. The van der Waals surface area contributed by atoms with Gasteiger partial charge in [-0.3, -0.25) is 9.59 Å². The van der Waals surface area contributed by atoms with Crippen molar-refractivity contribution in [2.75, 3.05) is 20.3 Å². The maximum Gasteiger partial charge on any atom is 0.433 e. The lowest BCUT2D eigenvalue weighted by molar-refractivity contribution is -0.147. The average Bonchev–Trinajstić information content (AvgIpc) is 3.57. The second kappa shape index (κ2) is 11.2. The van der Waals surface area contributed by atoms with Crippen molar-refractivity contribution in [2.24, 2.45) is 11.7 Å². The number of hydrogen-bond donors (Lipinski definition) is 2. The summed E-state index contributed by atoms with van der Waals surface area (Å²) in [5, 5.41) is 3.15. The van der Waals surface area contributed by atoms with Crippen molar-refractivity contribution in [1.82, 2.24) is 20.2 Å². The molecule has 3 atom stereocenters. The number of oxazole rings is 1. The quantitative estimate of drug-likeness (QED) is 0.376.